The lowest BCUT2D eigenvalue weighted by molar-refractivity contribution is 0.0606. The summed E-state index contributed by atoms with van der Waals surface area (Å²) < 4.78 is 4.62. The molecule has 0 amide bonds. The Labute approximate surface area is 104 Å². The predicted molar refractivity (Wildman–Crippen MR) is 66.6 cm³/mol. The Hall–Kier alpha value is -0.810. The van der Waals surface area contributed by atoms with E-state index < -0.39 is 5.97 Å². The Morgan fingerprint density at radius 3 is 2.88 bits per heavy atom. The molecule has 1 aromatic rings. The number of hydrogen-bond donors (Lipinski definition) is 0. The third kappa shape index (κ3) is 3.09. The predicted octanol–water partition coefficient (Wildman–Crippen LogP) is 2.82. The minimum Gasteiger partial charge on any atom is -0.465 e. The summed E-state index contributed by atoms with van der Waals surface area (Å²) in [6.07, 6.45) is 2.20. The fourth-order valence-corrected chi connectivity index (χ4v) is 2.35. The zero-order valence-electron chi connectivity index (χ0n) is 9.62. The van der Waals surface area contributed by atoms with Crippen molar-refractivity contribution in [3.8, 4) is 0 Å². The summed E-state index contributed by atoms with van der Waals surface area (Å²) in [5, 5.41) is 0.967. The Balaban J connectivity index is 2.79. The summed E-state index contributed by atoms with van der Waals surface area (Å²) >= 11 is 7.13. The smallest absolute Gasteiger partial charge is 0.351 e. The van der Waals surface area contributed by atoms with Crippen LogP contribution in [0.1, 0.15) is 29.4 Å². The summed E-state index contributed by atoms with van der Waals surface area (Å²) in [5.41, 5.74) is 0. The van der Waals surface area contributed by atoms with Crippen LogP contribution < -0.4 is 4.90 Å². The van der Waals surface area contributed by atoms with Gasteiger partial charge in [0.2, 0.25) is 0 Å². The van der Waals surface area contributed by atoms with Gasteiger partial charge in [-0.15, -0.1) is 0 Å². The molecule has 0 N–H and O–H groups in total. The van der Waals surface area contributed by atoms with E-state index in [4.69, 9.17) is 11.6 Å². The summed E-state index contributed by atoms with van der Waals surface area (Å²) in [7, 11) is 3.27. The molecule has 90 valence electrons. The van der Waals surface area contributed by atoms with Crippen molar-refractivity contribution in [3.63, 3.8) is 0 Å². The highest BCUT2D eigenvalue weighted by molar-refractivity contribution is 7.18. The van der Waals surface area contributed by atoms with Crippen LogP contribution >= 0.6 is 22.9 Å². The summed E-state index contributed by atoms with van der Waals surface area (Å²) in [5.74, 6) is -0.433. The maximum absolute atomic E-state index is 11.3. The second-order valence-corrected chi connectivity index (χ2v) is 4.72. The van der Waals surface area contributed by atoms with Crippen LogP contribution in [0.3, 0.4) is 0 Å². The number of methoxy groups -OCH3 is 1. The van der Waals surface area contributed by atoms with E-state index in [1.165, 1.54) is 18.4 Å². The quantitative estimate of drug-likeness (QED) is 0.766. The first-order chi connectivity index (χ1) is 7.60. The van der Waals surface area contributed by atoms with Gasteiger partial charge in [0, 0.05) is 13.6 Å². The molecule has 0 aromatic carbocycles. The number of halogens is 1. The van der Waals surface area contributed by atoms with Crippen LogP contribution in [0.5, 0.6) is 0 Å². The molecule has 4 nitrogen and oxygen atoms in total. The Morgan fingerprint density at radius 2 is 2.31 bits per heavy atom. The van der Waals surface area contributed by atoms with Crippen LogP contribution in [0.2, 0.25) is 5.15 Å². The van der Waals surface area contributed by atoms with Gasteiger partial charge in [-0.25, -0.2) is 9.78 Å². The van der Waals surface area contributed by atoms with Gasteiger partial charge in [0.15, 0.2) is 15.2 Å². The van der Waals surface area contributed by atoms with Crippen molar-refractivity contribution in [2.24, 2.45) is 0 Å². The first-order valence-electron chi connectivity index (χ1n) is 5.06. The Bertz CT molecular complexity index is 368. The van der Waals surface area contributed by atoms with Crippen molar-refractivity contribution in [1.29, 1.82) is 0 Å². The van der Waals surface area contributed by atoms with Gasteiger partial charge in [0.1, 0.15) is 0 Å². The molecule has 0 atom stereocenters. The third-order valence-electron chi connectivity index (χ3n) is 2.12. The highest BCUT2D eigenvalue weighted by Gasteiger charge is 2.18. The molecular formula is C10H15ClN2O2S. The van der Waals surface area contributed by atoms with Gasteiger partial charge in [-0.3, -0.25) is 0 Å². The first-order valence-corrected chi connectivity index (χ1v) is 6.25. The third-order valence-corrected chi connectivity index (χ3v) is 3.65. The fourth-order valence-electron chi connectivity index (χ4n) is 1.16. The molecule has 0 bridgehead atoms. The van der Waals surface area contributed by atoms with E-state index in [2.05, 4.69) is 16.6 Å². The van der Waals surface area contributed by atoms with E-state index in [9.17, 15) is 4.79 Å². The molecule has 0 saturated heterocycles. The number of aromatic nitrogens is 1. The monoisotopic (exact) mass is 262 g/mol. The van der Waals surface area contributed by atoms with Crippen LogP contribution in [0.25, 0.3) is 0 Å². The number of nitrogens with zero attached hydrogens (tertiary/aromatic N) is 2. The summed E-state index contributed by atoms with van der Waals surface area (Å²) in [6, 6.07) is 0. The molecule has 0 aliphatic heterocycles. The molecular weight excluding hydrogens is 248 g/mol. The highest BCUT2D eigenvalue weighted by atomic mass is 35.5. The molecule has 0 unspecified atom stereocenters. The van der Waals surface area contributed by atoms with Crippen LogP contribution in [-0.2, 0) is 4.74 Å². The second-order valence-electron chi connectivity index (χ2n) is 3.38. The number of ether oxygens (including phenoxy) is 1. The molecule has 0 saturated carbocycles. The standard InChI is InChI=1S/C10H15ClN2O2S/c1-4-5-6-13(2)10-12-8(11)7(16-10)9(14)15-3/h4-6H2,1-3H3. The number of carbonyl (C=O) groups is 1. The zero-order valence-corrected chi connectivity index (χ0v) is 11.2. The molecule has 1 aromatic heterocycles. The number of esters is 1. The second kappa shape index (κ2) is 6.06. The van der Waals surface area contributed by atoms with Crippen molar-refractivity contribution in [3.05, 3.63) is 10.0 Å². The number of thiazole rings is 1. The van der Waals surface area contributed by atoms with Crippen molar-refractivity contribution in [1.82, 2.24) is 4.98 Å². The van der Waals surface area contributed by atoms with Crippen molar-refractivity contribution in [2.75, 3.05) is 25.6 Å². The normalized spacial score (nSPS) is 10.2. The van der Waals surface area contributed by atoms with Crippen molar-refractivity contribution >= 4 is 34.0 Å². The molecule has 1 rings (SSSR count). The summed E-state index contributed by atoms with van der Waals surface area (Å²) in [6.45, 7) is 3.03. The maximum atomic E-state index is 11.3. The first kappa shape index (κ1) is 13.3. The largest absolute Gasteiger partial charge is 0.465 e. The number of hydrogen-bond acceptors (Lipinski definition) is 5. The highest BCUT2D eigenvalue weighted by Crippen LogP contribution is 2.29. The van der Waals surface area contributed by atoms with E-state index >= 15 is 0 Å². The summed E-state index contributed by atoms with van der Waals surface area (Å²) in [4.78, 5) is 17.8. The molecule has 6 heteroatoms. The van der Waals surface area contributed by atoms with E-state index in [1.54, 1.807) is 0 Å². The number of anilines is 1. The molecule has 16 heavy (non-hydrogen) atoms. The average molecular weight is 263 g/mol. The Morgan fingerprint density at radius 1 is 1.62 bits per heavy atom. The molecule has 0 aliphatic rings. The van der Waals surface area contributed by atoms with Gasteiger partial charge in [0.25, 0.3) is 0 Å². The topological polar surface area (TPSA) is 42.4 Å². The molecule has 1 heterocycles. The lowest BCUT2D eigenvalue weighted by Gasteiger charge is -2.14. The lowest BCUT2D eigenvalue weighted by Crippen LogP contribution is -2.17. The van der Waals surface area contributed by atoms with Crippen LogP contribution in [0, 0.1) is 0 Å². The van der Waals surface area contributed by atoms with E-state index in [0.717, 1.165) is 24.5 Å². The van der Waals surface area contributed by atoms with Crippen LogP contribution in [0.15, 0.2) is 0 Å². The number of rotatable bonds is 5. The average Bonchev–Trinajstić information content (AvgIpc) is 2.67. The lowest BCUT2D eigenvalue weighted by atomic mass is 10.3. The SMILES string of the molecule is CCCCN(C)c1nc(Cl)c(C(=O)OC)s1. The zero-order chi connectivity index (χ0) is 12.1. The molecule has 0 spiro atoms. The van der Waals surface area contributed by atoms with E-state index in [1.807, 2.05) is 11.9 Å². The molecule has 0 fully saturated rings. The van der Waals surface area contributed by atoms with Crippen LogP contribution in [-0.4, -0.2) is 31.7 Å². The van der Waals surface area contributed by atoms with Gasteiger partial charge in [-0.1, -0.05) is 36.3 Å². The Kier molecular flexibility index (Phi) is 5.02. The molecule has 0 radical (unpaired) electrons. The van der Waals surface area contributed by atoms with Crippen molar-refractivity contribution in [2.45, 2.75) is 19.8 Å². The minimum absolute atomic E-state index is 0.218. The van der Waals surface area contributed by atoms with Gasteiger partial charge in [0.05, 0.1) is 7.11 Å². The van der Waals surface area contributed by atoms with E-state index in [-0.39, 0.29) is 5.15 Å². The maximum Gasteiger partial charge on any atom is 0.351 e. The van der Waals surface area contributed by atoms with E-state index in [0.29, 0.717) is 4.88 Å². The van der Waals surface area contributed by atoms with Gasteiger partial charge in [-0.2, -0.15) is 0 Å². The minimum atomic E-state index is -0.433. The van der Waals surface area contributed by atoms with Gasteiger partial charge < -0.3 is 9.64 Å². The van der Waals surface area contributed by atoms with Crippen molar-refractivity contribution < 1.29 is 9.53 Å². The molecule has 0 aliphatic carbocycles. The van der Waals surface area contributed by atoms with Gasteiger partial charge in [-0.05, 0) is 6.42 Å². The van der Waals surface area contributed by atoms with Crippen LogP contribution in [0.4, 0.5) is 5.13 Å². The fraction of sp³-hybridized carbons (Fsp3) is 0.600. The number of carbonyl (C=O) groups excluding carboxylic acids is 1. The van der Waals surface area contributed by atoms with Gasteiger partial charge >= 0.3 is 5.97 Å². The number of unbranched alkanes of at least 4 members (excludes halogenated alkanes) is 1.